The summed E-state index contributed by atoms with van der Waals surface area (Å²) in [4.78, 5) is 29.7. The molecule has 31 heavy (non-hydrogen) atoms. The number of aromatic nitrogens is 2. The number of para-hydroxylation sites is 1. The van der Waals surface area contributed by atoms with E-state index in [1.807, 2.05) is 32.0 Å². The summed E-state index contributed by atoms with van der Waals surface area (Å²) in [5, 5.41) is 2.80. The molecule has 0 aliphatic rings. The van der Waals surface area contributed by atoms with Gasteiger partial charge in [-0.05, 0) is 68.5 Å². The van der Waals surface area contributed by atoms with E-state index in [-0.39, 0.29) is 17.5 Å². The predicted octanol–water partition coefficient (Wildman–Crippen LogP) is 5.24. The normalized spacial score (nSPS) is 12.8. The number of carbonyl (C=O) groups excluding carboxylic acids is 1. The molecule has 1 aromatic heterocycles. The van der Waals surface area contributed by atoms with Crippen molar-refractivity contribution in [3.8, 4) is 0 Å². The fourth-order valence-electron chi connectivity index (χ4n) is 3.66. The van der Waals surface area contributed by atoms with Crippen molar-refractivity contribution in [3.05, 3.63) is 68.6 Å². The summed E-state index contributed by atoms with van der Waals surface area (Å²) in [6.45, 7) is 8.85. The Morgan fingerprint density at radius 1 is 1.06 bits per heavy atom. The zero-order valence-electron chi connectivity index (χ0n) is 18.0. The number of rotatable bonds is 4. The van der Waals surface area contributed by atoms with E-state index in [4.69, 9.17) is 0 Å². The van der Waals surface area contributed by atoms with Gasteiger partial charge in [0.15, 0.2) is 0 Å². The summed E-state index contributed by atoms with van der Waals surface area (Å²) in [6.07, 6.45) is -4.81. The van der Waals surface area contributed by atoms with Gasteiger partial charge < -0.3 is 5.32 Å². The van der Waals surface area contributed by atoms with Crippen LogP contribution in [0.5, 0.6) is 0 Å². The van der Waals surface area contributed by atoms with Crippen molar-refractivity contribution >= 4 is 22.6 Å². The lowest BCUT2D eigenvalue weighted by atomic mass is 10.1. The molecule has 164 valence electrons. The van der Waals surface area contributed by atoms with Crippen LogP contribution in [0.3, 0.4) is 0 Å². The zero-order valence-corrected chi connectivity index (χ0v) is 18.0. The van der Waals surface area contributed by atoms with Crippen molar-refractivity contribution < 1.29 is 18.0 Å². The van der Waals surface area contributed by atoms with Gasteiger partial charge in [0.05, 0.1) is 11.0 Å². The molecule has 3 rings (SSSR count). The van der Waals surface area contributed by atoms with Gasteiger partial charge in [-0.2, -0.15) is 13.2 Å². The molecule has 0 aliphatic heterocycles. The van der Waals surface area contributed by atoms with Crippen molar-refractivity contribution in [2.24, 2.45) is 0 Å². The van der Waals surface area contributed by atoms with Crippen molar-refractivity contribution in [3.63, 3.8) is 0 Å². The van der Waals surface area contributed by atoms with Crippen molar-refractivity contribution in [2.45, 2.75) is 53.3 Å². The van der Waals surface area contributed by atoms with E-state index < -0.39 is 29.4 Å². The SMILES string of the molecule is CC[C@H](C(=O)Nc1c(C)cccc1C)n1c(=O)c(C(F)(F)F)nc2cc(C)c(C)cc21. The molecule has 0 radical (unpaired) electrons. The van der Waals surface area contributed by atoms with Gasteiger partial charge >= 0.3 is 6.18 Å². The van der Waals surface area contributed by atoms with Crippen LogP contribution in [-0.4, -0.2) is 15.5 Å². The molecule has 0 bridgehead atoms. The highest BCUT2D eigenvalue weighted by molar-refractivity contribution is 5.96. The molecule has 1 amide bonds. The van der Waals surface area contributed by atoms with Gasteiger partial charge in [0.25, 0.3) is 5.56 Å². The third kappa shape index (κ3) is 4.19. The third-order valence-electron chi connectivity index (χ3n) is 5.50. The van der Waals surface area contributed by atoms with Crippen LogP contribution in [0.15, 0.2) is 35.1 Å². The van der Waals surface area contributed by atoms with Crippen LogP contribution in [-0.2, 0) is 11.0 Å². The number of aryl methyl sites for hydroxylation is 4. The molecule has 0 saturated carbocycles. The maximum atomic E-state index is 13.6. The van der Waals surface area contributed by atoms with Crippen molar-refractivity contribution in [2.75, 3.05) is 5.32 Å². The lowest BCUT2D eigenvalue weighted by Crippen LogP contribution is -2.37. The molecule has 1 heterocycles. The van der Waals surface area contributed by atoms with E-state index >= 15 is 0 Å². The Morgan fingerprint density at radius 2 is 1.65 bits per heavy atom. The molecule has 5 nitrogen and oxygen atoms in total. The highest BCUT2D eigenvalue weighted by Crippen LogP contribution is 2.29. The highest BCUT2D eigenvalue weighted by Gasteiger charge is 2.39. The van der Waals surface area contributed by atoms with Crippen LogP contribution >= 0.6 is 0 Å². The van der Waals surface area contributed by atoms with E-state index in [0.717, 1.165) is 26.8 Å². The number of nitrogens with one attached hydrogen (secondary N) is 1. The molecular formula is C23H24F3N3O2. The van der Waals surface area contributed by atoms with Crippen LogP contribution < -0.4 is 10.9 Å². The fourth-order valence-corrected chi connectivity index (χ4v) is 3.66. The standard InChI is InChI=1S/C23H24F3N3O2/c1-6-17(21(30)28-19-12(2)8-7-9-13(19)3)29-18-11-15(5)14(4)10-16(18)27-20(22(29)31)23(24,25)26/h7-11,17H,6H2,1-5H3,(H,28,30)/t17-/m1/s1. The molecular weight excluding hydrogens is 407 g/mol. The van der Waals surface area contributed by atoms with Gasteiger partial charge in [-0.25, -0.2) is 4.98 Å². The Morgan fingerprint density at radius 3 is 2.19 bits per heavy atom. The van der Waals surface area contributed by atoms with Crippen LogP contribution in [0.25, 0.3) is 11.0 Å². The Kier molecular flexibility index (Phi) is 5.93. The topological polar surface area (TPSA) is 64.0 Å². The van der Waals surface area contributed by atoms with Gasteiger partial charge in [-0.15, -0.1) is 0 Å². The number of amides is 1. The average Bonchev–Trinajstić information content (AvgIpc) is 2.67. The third-order valence-corrected chi connectivity index (χ3v) is 5.50. The van der Waals surface area contributed by atoms with E-state index in [9.17, 15) is 22.8 Å². The first kappa shape index (κ1) is 22.5. The molecule has 2 aromatic carbocycles. The van der Waals surface area contributed by atoms with E-state index in [1.165, 1.54) is 6.07 Å². The molecule has 1 N–H and O–H groups in total. The molecule has 0 saturated heterocycles. The number of fused-ring (bicyclic) bond motifs is 1. The minimum absolute atomic E-state index is 0.0216. The Hall–Kier alpha value is -3.16. The monoisotopic (exact) mass is 431 g/mol. The molecule has 0 unspecified atom stereocenters. The van der Waals surface area contributed by atoms with E-state index in [1.54, 1.807) is 26.8 Å². The number of hydrogen-bond acceptors (Lipinski definition) is 3. The second-order valence-electron chi connectivity index (χ2n) is 7.74. The maximum absolute atomic E-state index is 13.6. The summed E-state index contributed by atoms with van der Waals surface area (Å²) in [7, 11) is 0. The zero-order chi connectivity index (χ0) is 23.1. The number of halogens is 3. The minimum atomic E-state index is -4.94. The summed E-state index contributed by atoms with van der Waals surface area (Å²) in [6, 6.07) is 7.47. The largest absolute Gasteiger partial charge is 0.438 e. The summed E-state index contributed by atoms with van der Waals surface area (Å²) < 4.78 is 41.7. The maximum Gasteiger partial charge on any atom is 0.438 e. The number of alkyl halides is 3. The van der Waals surface area contributed by atoms with Crippen LogP contribution in [0.2, 0.25) is 0 Å². The molecule has 1 atom stereocenters. The first-order valence-electron chi connectivity index (χ1n) is 9.93. The van der Waals surface area contributed by atoms with Gasteiger partial charge in [-0.1, -0.05) is 25.1 Å². The smallest absolute Gasteiger partial charge is 0.324 e. The fraction of sp³-hybridized carbons (Fsp3) is 0.348. The molecule has 0 fully saturated rings. The number of carbonyl (C=O) groups is 1. The average molecular weight is 431 g/mol. The molecule has 0 spiro atoms. The number of anilines is 1. The second-order valence-corrected chi connectivity index (χ2v) is 7.74. The number of nitrogens with zero attached hydrogens (tertiary/aromatic N) is 2. The van der Waals surface area contributed by atoms with Crippen LogP contribution in [0.4, 0.5) is 18.9 Å². The van der Waals surface area contributed by atoms with Crippen LogP contribution in [0, 0.1) is 27.7 Å². The number of hydrogen-bond donors (Lipinski definition) is 1. The van der Waals surface area contributed by atoms with Gasteiger partial charge in [0, 0.05) is 5.69 Å². The van der Waals surface area contributed by atoms with E-state index in [2.05, 4.69) is 10.3 Å². The Labute approximate surface area is 177 Å². The Bertz CT molecular complexity index is 1210. The summed E-state index contributed by atoms with van der Waals surface area (Å²) in [5.41, 5.74) is 1.11. The minimum Gasteiger partial charge on any atom is -0.324 e. The second kappa shape index (κ2) is 8.17. The molecule has 8 heteroatoms. The first-order valence-corrected chi connectivity index (χ1v) is 9.93. The lowest BCUT2D eigenvalue weighted by Gasteiger charge is -2.23. The van der Waals surface area contributed by atoms with Gasteiger partial charge in [-0.3, -0.25) is 14.2 Å². The lowest BCUT2D eigenvalue weighted by molar-refractivity contribution is -0.142. The van der Waals surface area contributed by atoms with Crippen LogP contribution in [0.1, 0.15) is 47.3 Å². The highest BCUT2D eigenvalue weighted by atomic mass is 19.4. The predicted molar refractivity (Wildman–Crippen MR) is 114 cm³/mol. The summed E-state index contributed by atoms with van der Waals surface area (Å²) >= 11 is 0. The van der Waals surface area contributed by atoms with Gasteiger partial charge in [0.2, 0.25) is 11.6 Å². The number of benzene rings is 2. The van der Waals surface area contributed by atoms with Crippen molar-refractivity contribution in [1.82, 2.24) is 9.55 Å². The summed E-state index contributed by atoms with van der Waals surface area (Å²) in [5.74, 6) is -0.555. The quantitative estimate of drug-likeness (QED) is 0.615. The van der Waals surface area contributed by atoms with E-state index in [0.29, 0.717) is 5.69 Å². The van der Waals surface area contributed by atoms with Crippen molar-refractivity contribution in [1.29, 1.82) is 0 Å². The Balaban J connectivity index is 2.25. The molecule has 0 aliphatic carbocycles. The molecule has 3 aromatic rings. The first-order chi connectivity index (χ1) is 14.5. The van der Waals surface area contributed by atoms with Gasteiger partial charge in [0.1, 0.15) is 6.04 Å².